The minimum absolute atomic E-state index is 0.210. The molecule has 0 atom stereocenters. The molecule has 1 aliphatic heterocycles. The summed E-state index contributed by atoms with van der Waals surface area (Å²) >= 11 is 0. The molecule has 6 heteroatoms. The van der Waals surface area contributed by atoms with Gasteiger partial charge in [0, 0.05) is 29.9 Å². The van der Waals surface area contributed by atoms with Crippen molar-refractivity contribution < 1.29 is 9.59 Å². The Hall–Kier alpha value is -3.67. The number of carbonyl (C=O) groups excluding carboxylic acids is 2. The van der Waals surface area contributed by atoms with Crippen molar-refractivity contribution in [3.63, 3.8) is 0 Å². The van der Waals surface area contributed by atoms with Gasteiger partial charge in [0.05, 0.1) is 11.9 Å². The number of hydrogen-bond acceptors (Lipinski definition) is 4. The smallest absolute Gasteiger partial charge is 0.255 e. The van der Waals surface area contributed by atoms with Gasteiger partial charge in [-0.2, -0.15) is 0 Å². The van der Waals surface area contributed by atoms with Crippen LogP contribution in [0.15, 0.2) is 66.9 Å². The minimum atomic E-state index is -0.249. The van der Waals surface area contributed by atoms with Gasteiger partial charge >= 0.3 is 0 Å². The maximum Gasteiger partial charge on any atom is 0.255 e. The Morgan fingerprint density at radius 3 is 2.30 bits per heavy atom. The summed E-state index contributed by atoms with van der Waals surface area (Å²) in [6.45, 7) is 3.95. The average Bonchev–Trinajstić information content (AvgIpc) is 3.31. The first kappa shape index (κ1) is 19.6. The quantitative estimate of drug-likeness (QED) is 0.662. The van der Waals surface area contributed by atoms with Gasteiger partial charge in [-0.3, -0.25) is 9.59 Å². The van der Waals surface area contributed by atoms with Crippen molar-refractivity contribution in [1.29, 1.82) is 0 Å². The van der Waals surface area contributed by atoms with Crippen molar-refractivity contribution in [2.24, 2.45) is 0 Å². The number of rotatable bonds is 5. The van der Waals surface area contributed by atoms with Gasteiger partial charge in [-0.25, -0.2) is 4.98 Å². The number of pyridine rings is 1. The molecular weight excluding hydrogens is 376 g/mol. The van der Waals surface area contributed by atoms with Crippen LogP contribution >= 0.6 is 0 Å². The number of nitrogens with one attached hydrogen (secondary N) is 2. The van der Waals surface area contributed by atoms with E-state index in [2.05, 4.69) is 20.5 Å². The summed E-state index contributed by atoms with van der Waals surface area (Å²) in [5, 5.41) is 5.76. The highest BCUT2D eigenvalue weighted by atomic mass is 16.2. The van der Waals surface area contributed by atoms with E-state index in [0.29, 0.717) is 22.5 Å². The number of nitrogens with zero attached hydrogens (tertiary/aromatic N) is 2. The number of anilines is 3. The highest BCUT2D eigenvalue weighted by Gasteiger charge is 2.14. The first-order valence-corrected chi connectivity index (χ1v) is 10.1. The standard InChI is InChI=1S/C24H24N4O2/c1-17-9-10-19(15-21(17)27-23(29)18-7-3-2-4-8-18)24(30)26-20-11-12-22(25-16-20)28-13-5-6-14-28/h2-4,7-12,15-16H,5-6,13-14H2,1H3,(H,26,30)(H,27,29). The van der Waals surface area contributed by atoms with Crippen molar-refractivity contribution in [3.8, 4) is 0 Å². The zero-order valence-corrected chi connectivity index (χ0v) is 16.9. The van der Waals surface area contributed by atoms with Crippen molar-refractivity contribution in [2.75, 3.05) is 28.6 Å². The summed E-state index contributed by atoms with van der Waals surface area (Å²) in [7, 11) is 0. The van der Waals surface area contributed by atoms with Crippen LogP contribution in [0.5, 0.6) is 0 Å². The van der Waals surface area contributed by atoms with Crippen LogP contribution < -0.4 is 15.5 Å². The van der Waals surface area contributed by atoms with Gasteiger partial charge in [-0.05, 0) is 61.7 Å². The lowest BCUT2D eigenvalue weighted by atomic mass is 10.1. The Balaban J connectivity index is 1.45. The molecule has 30 heavy (non-hydrogen) atoms. The second-order valence-electron chi connectivity index (χ2n) is 7.40. The lowest BCUT2D eigenvalue weighted by Crippen LogP contribution is -2.19. The van der Waals surface area contributed by atoms with Crippen LogP contribution in [-0.4, -0.2) is 29.9 Å². The monoisotopic (exact) mass is 400 g/mol. The maximum atomic E-state index is 12.7. The van der Waals surface area contributed by atoms with Crippen LogP contribution in [0.3, 0.4) is 0 Å². The summed E-state index contributed by atoms with van der Waals surface area (Å²) < 4.78 is 0. The third kappa shape index (κ3) is 4.49. The molecule has 6 nitrogen and oxygen atoms in total. The highest BCUT2D eigenvalue weighted by molar-refractivity contribution is 6.07. The number of aryl methyl sites for hydroxylation is 1. The third-order valence-electron chi connectivity index (χ3n) is 5.22. The van der Waals surface area contributed by atoms with Crippen LogP contribution in [0.2, 0.25) is 0 Å². The van der Waals surface area contributed by atoms with Gasteiger partial charge in [0.1, 0.15) is 5.82 Å². The van der Waals surface area contributed by atoms with Crippen LogP contribution in [0.25, 0.3) is 0 Å². The van der Waals surface area contributed by atoms with Crippen molar-refractivity contribution >= 4 is 29.0 Å². The van der Waals surface area contributed by atoms with E-state index in [0.717, 1.165) is 24.5 Å². The van der Waals surface area contributed by atoms with E-state index in [1.165, 1.54) is 12.8 Å². The molecule has 0 bridgehead atoms. The number of hydrogen-bond donors (Lipinski definition) is 2. The van der Waals surface area contributed by atoms with Gasteiger partial charge in [0.15, 0.2) is 0 Å². The molecule has 2 N–H and O–H groups in total. The maximum absolute atomic E-state index is 12.7. The predicted octanol–water partition coefficient (Wildman–Crippen LogP) is 4.49. The third-order valence-corrected chi connectivity index (χ3v) is 5.22. The van der Waals surface area contributed by atoms with Crippen LogP contribution in [0.1, 0.15) is 39.1 Å². The average molecular weight is 400 g/mol. The molecule has 1 saturated heterocycles. The van der Waals surface area contributed by atoms with E-state index in [1.54, 1.807) is 30.5 Å². The van der Waals surface area contributed by atoms with E-state index >= 15 is 0 Å². The molecule has 4 rings (SSSR count). The Labute approximate surface area is 175 Å². The lowest BCUT2D eigenvalue weighted by molar-refractivity contribution is 0.101. The molecule has 2 aromatic carbocycles. The first-order valence-electron chi connectivity index (χ1n) is 10.1. The Morgan fingerprint density at radius 2 is 1.60 bits per heavy atom. The molecule has 0 unspecified atom stereocenters. The zero-order valence-electron chi connectivity index (χ0n) is 16.9. The van der Waals surface area contributed by atoms with E-state index in [1.807, 2.05) is 43.3 Å². The lowest BCUT2D eigenvalue weighted by Gasteiger charge is -2.16. The molecule has 0 spiro atoms. The first-order chi connectivity index (χ1) is 14.6. The van der Waals surface area contributed by atoms with Crippen LogP contribution in [-0.2, 0) is 0 Å². The van der Waals surface area contributed by atoms with Gasteiger partial charge in [-0.15, -0.1) is 0 Å². The zero-order chi connectivity index (χ0) is 20.9. The Morgan fingerprint density at radius 1 is 0.867 bits per heavy atom. The predicted molar refractivity (Wildman–Crippen MR) is 119 cm³/mol. The fourth-order valence-corrected chi connectivity index (χ4v) is 3.48. The number of benzene rings is 2. The molecule has 1 fully saturated rings. The minimum Gasteiger partial charge on any atom is -0.357 e. The Kier molecular flexibility index (Phi) is 5.75. The van der Waals surface area contributed by atoms with Crippen molar-refractivity contribution in [1.82, 2.24) is 4.98 Å². The van der Waals surface area contributed by atoms with E-state index in [4.69, 9.17) is 0 Å². The second kappa shape index (κ2) is 8.78. The molecule has 0 saturated carbocycles. The van der Waals surface area contributed by atoms with E-state index < -0.39 is 0 Å². The fourth-order valence-electron chi connectivity index (χ4n) is 3.48. The van der Waals surface area contributed by atoms with E-state index in [9.17, 15) is 9.59 Å². The molecule has 0 radical (unpaired) electrons. The summed E-state index contributed by atoms with van der Waals surface area (Å²) in [4.78, 5) is 31.9. The number of carbonyl (C=O) groups is 2. The molecule has 0 aliphatic carbocycles. The summed E-state index contributed by atoms with van der Waals surface area (Å²) in [6, 6.07) is 18.0. The van der Waals surface area contributed by atoms with Gasteiger partial charge in [0.25, 0.3) is 11.8 Å². The highest BCUT2D eigenvalue weighted by Crippen LogP contribution is 2.21. The van der Waals surface area contributed by atoms with Gasteiger partial charge < -0.3 is 15.5 Å². The van der Waals surface area contributed by atoms with Crippen molar-refractivity contribution in [3.05, 3.63) is 83.6 Å². The normalized spacial score (nSPS) is 13.2. The van der Waals surface area contributed by atoms with Crippen LogP contribution in [0, 0.1) is 6.92 Å². The molecule has 2 heterocycles. The topological polar surface area (TPSA) is 74.3 Å². The molecule has 2 amide bonds. The molecular formula is C24H24N4O2. The largest absolute Gasteiger partial charge is 0.357 e. The van der Waals surface area contributed by atoms with Gasteiger partial charge in [-0.1, -0.05) is 24.3 Å². The summed E-state index contributed by atoms with van der Waals surface area (Å²) in [5.41, 5.74) is 3.16. The fraction of sp³-hybridized carbons (Fsp3) is 0.208. The van der Waals surface area contributed by atoms with Crippen LogP contribution in [0.4, 0.5) is 17.2 Å². The Bertz CT molecular complexity index is 1040. The number of amides is 2. The van der Waals surface area contributed by atoms with E-state index in [-0.39, 0.29) is 11.8 Å². The SMILES string of the molecule is Cc1ccc(C(=O)Nc2ccc(N3CCCC3)nc2)cc1NC(=O)c1ccccc1. The van der Waals surface area contributed by atoms with Crippen molar-refractivity contribution in [2.45, 2.75) is 19.8 Å². The molecule has 3 aromatic rings. The molecule has 1 aromatic heterocycles. The molecule has 1 aliphatic rings. The summed E-state index contributed by atoms with van der Waals surface area (Å²) in [6.07, 6.45) is 4.06. The second-order valence-corrected chi connectivity index (χ2v) is 7.40. The number of aromatic nitrogens is 1. The van der Waals surface area contributed by atoms with Gasteiger partial charge in [0.2, 0.25) is 0 Å². The molecule has 152 valence electrons. The summed E-state index contributed by atoms with van der Waals surface area (Å²) in [5.74, 6) is 0.477.